The minimum absolute atomic E-state index is 0.233. The molecule has 0 atom stereocenters. The number of piperazine rings is 1. The molecule has 0 bridgehead atoms. The van der Waals surface area contributed by atoms with Crippen LogP contribution in [0, 0.1) is 5.92 Å². The number of rotatable bonds is 6. The third kappa shape index (κ3) is 5.43. The Balaban J connectivity index is 1.83. The van der Waals surface area contributed by atoms with Gasteiger partial charge in [0.25, 0.3) is 0 Å². The number of nitrogen functional groups attached to an aromatic ring is 1. The van der Waals surface area contributed by atoms with Gasteiger partial charge in [-0.05, 0) is 37.1 Å². The fourth-order valence-electron chi connectivity index (χ4n) is 2.61. The highest BCUT2D eigenvalue weighted by molar-refractivity contribution is 5.76. The van der Waals surface area contributed by atoms with Crippen molar-refractivity contribution in [2.24, 2.45) is 5.92 Å². The molecule has 1 saturated heterocycles. The smallest absolute Gasteiger partial charge is 0.222 e. The normalized spacial score (nSPS) is 15.9. The Morgan fingerprint density at radius 1 is 1.26 bits per heavy atom. The van der Waals surface area contributed by atoms with Gasteiger partial charge < -0.3 is 20.3 Å². The molecule has 0 unspecified atom stereocenters. The van der Waals surface area contributed by atoms with Crippen LogP contribution in [0.5, 0.6) is 5.75 Å². The summed E-state index contributed by atoms with van der Waals surface area (Å²) in [6.45, 7) is 8.45. The summed E-state index contributed by atoms with van der Waals surface area (Å²) >= 11 is 0. The van der Waals surface area contributed by atoms with Crippen molar-refractivity contribution >= 4 is 11.6 Å². The van der Waals surface area contributed by atoms with Gasteiger partial charge in [-0.3, -0.25) is 4.79 Å². The van der Waals surface area contributed by atoms with Crippen LogP contribution in [0.25, 0.3) is 0 Å². The molecule has 1 fully saturated rings. The van der Waals surface area contributed by atoms with Crippen molar-refractivity contribution in [2.75, 3.05) is 45.6 Å². The number of nitrogens with zero attached hydrogens (tertiary/aromatic N) is 2. The molecular weight excluding hydrogens is 290 g/mol. The minimum atomic E-state index is 0.233. The molecule has 1 aliphatic heterocycles. The van der Waals surface area contributed by atoms with Crippen LogP contribution < -0.4 is 10.5 Å². The van der Waals surface area contributed by atoms with Gasteiger partial charge in [0.05, 0.1) is 12.3 Å². The quantitative estimate of drug-likeness (QED) is 0.815. The Bertz CT molecular complexity index is 523. The lowest BCUT2D eigenvalue weighted by atomic mass is 10.1. The monoisotopic (exact) mass is 319 g/mol. The number of hydrogen-bond donors (Lipinski definition) is 1. The van der Waals surface area contributed by atoms with Gasteiger partial charge in [0.2, 0.25) is 5.91 Å². The van der Waals surface area contributed by atoms with Crippen LogP contribution in [0.1, 0.15) is 25.8 Å². The first-order valence-corrected chi connectivity index (χ1v) is 8.43. The highest BCUT2D eigenvalue weighted by Crippen LogP contribution is 2.24. The van der Waals surface area contributed by atoms with E-state index in [1.807, 2.05) is 23.1 Å². The predicted octanol–water partition coefficient (Wildman–Crippen LogP) is 2.01. The van der Waals surface area contributed by atoms with E-state index in [1.165, 1.54) is 0 Å². The summed E-state index contributed by atoms with van der Waals surface area (Å²) in [4.78, 5) is 16.5. The third-order valence-electron chi connectivity index (χ3n) is 4.13. The largest absolute Gasteiger partial charge is 0.491 e. The minimum Gasteiger partial charge on any atom is -0.491 e. The van der Waals surface area contributed by atoms with E-state index in [0.717, 1.165) is 43.9 Å². The van der Waals surface area contributed by atoms with Crippen molar-refractivity contribution in [3.8, 4) is 5.75 Å². The van der Waals surface area contributed by atoms with Gasteiger partial charge in [-0.25, -0.2) is 0 Å². The van der Waals surface area contributed by atoms with Crippen molar-refractivity contribution in [1.29, 1.82) is 0 Å². The summed E-state index contributed by atoms with van der Waals surface area (Å²) in [5.74, 6) is 1.43. The first kappa shape index (κ1) is 17.6. The zero-order chi connectivity index (χ0) is 16.8. The summed E-state index contributed by atoms with van der Waals surface area (Å²) in [6.07, 6.45) is 1.26. The van der Waals surface area contributed by atoms with E-state index in [1.54, 1.807) is 0 Å². The fourth-order valence-corrected chi connectivity index (χ4v) is 2.61. The Morgan fingerprint density at radius 3 is 2.57 bits per heavy atom. The molecule has 128 valence electrons. The van der Waals surface area contributed by atoms with Crippen LogP contribution in [0.4, 0.5) is 5.69 Å². The number of ether oxygens (including phenoxy) is 1. The number of carbonyl (C=O) groups is 1. The average molecular weight is 319 g/mol. The van der Waals surface area contributed by atoms with Gasteiger partial charge in [0.1, 0.15) is 5.75 Å². The van der Waals surface area contributed by atoms with E-state index in [4.69, 9.17) is 10.5 Å². The molecule has 1 aliphatic rings. The van der Waals surface area contributed by atoms with Gasteiger partial charge >= 0.3 is 0 Å². The van der Waals surface area contributed by atoms with Crippen molar-refractivity contribution < 1.29 is 9.53 Å². The lowest BCUT2D eigenvalue weighted by Crippen LogP contribution is -2.47. The van der Waals surface area contributed by atoms with Gasteiger partial charge in [-0.15, -0.1) is 0 Å². The summed E-state index contributed by atoms with van der Waals surface area (Å²) in [5.41, 5.74) is 7.78. The zero-order valence-electron chi connectivity index (χ0n) is 14.5. The molecule has 0 spiro atoms. The lowest BCUT2D eigenvalue weighted by Gasteiger charge is -2.32. The van der Waals surface area contributed by atoms with Crippen LogP contribution in [0.2, 0.25) is 0 Å². The number of benzene rings is 1. The standard InChI is InChI=1S/C18H29N3O2/c1-14(2)13-23-17-6-4-15(12-16(17)19)5-7-18(22)21-10-8-20(3)9-11-21/h4,6,12,14H,5,7-11,13,19H2,1-3H3. The molecule has 1 heterocycles. The second-order valence-corrected chi connectivity index (χ2v) is 6.76. The highest BCUT2D eigenvalue weighted by Gasteiger charge is 2.18. The van der Waals surface area contributed by atoms with Crippen LogP contribution in [0.3, 0.4) is 0 Å². The molecule has 2 rings (SSSR count). The SMILES string of the molecule is CC(C)COc1ccc(CCC(=O)N2CCN(C)CC2)cc1N. The topological polar surface area (TPSA) is 58.8 Å². The van der Waals surface area contributed by atoms with Crippen LogP contribution in [0.15, 0.2) is 18.2 Å². The highest BCUT2D eigenvalue weighted by atomic mass is 16.5. The number of amides is 1. The first-order valence-electron chi connectivity index (χ1n) is 8.43. The molecule has 1 aromatic rings. The summed E-state index contributed by atoms with van der Waals surface area (Å²) < 4.78 is 5.68. The van der Waals surface area contributed by atoms with Crippen LogP contribution in [-0.4, -0.2) is 55.5 Å². The van der Waals surface area contributed by atoms with Crippen molar-refractivity contribution in [2.45, 2.75) is 26.7 Å². The van der Waals surface area contributed by atoms with E-state index in [0.29, 0.717) is 24.6 Å². The molecule has 1 aromatic carbocycles. The maximum atomic E-state index is 12.3. The number of aryl methyl sites for hydroxylation is 1. The number of carbonyl (C=O) groups excluding carboxylic acids is 1. The van der Waals surface area contributed by atoms with Gasteiger partial charge in [-0.1, -0.05) is 19.9 Å². The molecule has 0 saturated carbocycles. The Kier molecular flexibility index (Phi) is 6.28. The maximum absolute atomic E-state index is 12.3. The molecule has 5 nitrogen and oxygen atoms in total. The van der Waals surface area contributed by atoms with Gasteiger partial charge in [-0.2, -0.15) is 0 Å². The molecule has 23 heavy (non-hydrogen) atoms. The van der Waals surface area contributed by atoms with Crippen molar-refractivity contribution in [3.63, 3.8) is 0 Å². The Labute approximate surface area is 139 Å². The van der Waals surface area contributed by atoms with Crippen LogP contribution >= 0.6 is 0 Å². The van der Waals surface area contributed by atoms with Crippen molar-refractivity contribution in [1.82, 2.24) is 9.80 Å². The number of hydrogen-bond acceptors (Lipinski definition) is 4. The number of likely N-dealkylation sites (N-methyl/N-ethyl adjacent to an activating group) is 1. The zero-order valence-corrected chi connectivity index (χ0v) is 14.5. The Hall–Kier alpha value is -1.75. The molecule has 0 aliphatic carbocycles. The van der Waals surface area contributed by atoms with E-state index >= 15 is 0 Å². The van der Waals surface area contributed by atoms with Gasteiger partial charge in [0.15, 0.2) is 0 Å². The second kappa shape index (κ2) is 8.20. The molecule has 0 radical (unpaired) electrons. The van der Waals surface area contributed by atoms with E-state index in [2.05, 4.69) is 25.8 Å². The Morgan fingerprint density at radius 2 is 1.96 bits per heavy atom. The van der Waals surface area contributed by atoms with E-state index < -0.39 is 0 Å². The number of nitrogens with two attached hydrogens (primary N) is 1. The second-order valence-electron chi connectivity index (χ2n) is 6.76. The van der Waals surface area contributed by atoms with E-state index in [-0.39, 0.29) is 5.91 Å². The fraction of sp³-hybridized carbons (Fsp3) is 0.611. The molecular formula is C18H29N3O2. The molecule has 0 aromatic heterocycles. The van der Waals surface area contributed by atoms with Crippen molar-refractivity contribution in [3.05, 3.63) is 23.8 Å². The molecule has 5 heteroatoms. The summed E-state index contributed by atoms with van der Waals surface area (Å²) in [5, 5.41) is 0. The average Bonchev–Trinajstić information content (AvgIpc) is 2.52. The number of anilines is 1. The summed E-state index contributed by atoms with van der Waals surface area (Å²) in [6, 6.07) is 5.84. The van der Waals surface area contributed by atoms with Crippen LogP contribution in [-0.2, 0) is 11.2 Å². The maximum Gasteiger partial charge on any atom is 0.222 e. The molecule has 1 amide bonds. The third-order valence-corrected chi connectivity index (χ3v) is 4.13. The first-order chi connectivity index (χ1) is 11.0. The predicted molar refractivity (Wildman–Crippen MR) is 93.6 cm³/mol. The lowest BCUT2D eigenvalue weighted by molar-refractivity contribution is -0.132. The van der Waals surface area contributed by atoms with Gasteiger partial charge in [0, 0.05) is 32.6 Å². The van der Waals surface area contributed by atoms with E-state index in [9.17, 15) is 4.79 Å². The summed E-state index contributed by atoms with van der Waals surface area (Å²) in [7, 11) is 2.09. The molecule has 2 N–H and O–H groups in total.